The van der Waals surface area contributed by atoms with Crippen molar-refractivity contribution in [1.29, 1.82) is 0 Å². The Morgan fingerprint density at radius 1 is 1.29 bits per heavy atom. The monoisotopic (exact) mass is 339 g/mol. The summed E-state index contributed by atoms with van der Waals surface area (Å²) in [6.07, 6.45) is 6.73. The summed E-state index contributed by atoms with van der Waals surface area (Å²) in [7, 11) is 0. The molecule has 24 heavy (non-hydrogen) atoms. The van der Waals surface area contributed by atoms with Crippen LogP contribution in [0.15, 0.2) is 0 Å². The van der Waals surface area contributed by atoms with Gasteiger partial charge in [-0.3, -0.25) is 4.79 Å². The average molecular weight is 339 g/mol. The van der Waals surface area contributed by atoms with Gasteiger partial charge >= 0.3 is 6.03 Å². The van der Waals surface area contributed by atoms with E-state index in [0.29, 0.717) is 19.5 Å². The van der Waals surface area contributed by atoms with Crippen LogP contribution >= 0.6 is 0 Å². The number of hydrogen-bond acceptors (Lipinski definition) is 3. The average Bonchev–Trinajstić information content (AvgIpc) is 2.95. The maximum absolute atomic E-state index is 11.9. The Kier molecular flexibility index (Phi) is 6.90. The van der Waals surface area contributed by atoms with Crippen LogP contribution in [0.5, 0.6) is 0 Å². The molecule has 2 aliphatic rings. The molecular weight excluding hydrogens is 306 g/mol. The minimum Gasteiger partial charge on any atom is -0.388 e. The molecule has 3 N–H and O–H groups in total. The van der Waals surface area contributed by atoms with Gasteiger partial charge in [0.2, 0.25) is 5.91 Å². The summed E-state index contributed by atoms with van der Waals surface area (Å²) in [6.45, 7) is 6.45. The van der Waals surface area contributed by atoms with Crippen molar-refractivity contribution in [2.45, 2.75) is 64.4 Å². The fourth-order valence-corrected chi connectivity index (χ4v) is 3.76. The third-order valence-corrected chi connectivity index (χ3v) is 5.56. The maximum Gasteiger partial charge on any atom is 0.314 e. The van der Waals surface area contributed by atoms with Gasteiger partial charge in [-0.25, -0.2) is 4.79 Å². The molecule has 138 valence electrons. The van der Waals surface area contributed by atoms with Gasteiger partial charge in [-0.1, -0.05) is 19.8 Å². The highest BCUT2D eigenvalue weighted by Gasteiger charge is 2.34. The van der Waals surface area contributed by atoms with Crippen molar-refractivity contribution in [1.82, 2.24) is 15.5 Å². The van der Waals surface area contributed by atoms with Crippen LogP contribution in [0.3, 0.4) is 0 Å². The van der Waals surface area contributed by atoms with E-state index < -0.39 is 5.60 Å². The molecule has 0 aromatic carbocycles. The summed E-state index contributed by atoms with van der Waals surface area (Å²) in [5.41, 5.74) is -0.848. The maximum atomic E-state index is 11.9. The first-order chi connectivity index (χ1) is 11.4. The van der Waals surface area contributed by atoms with Gasteiger partial charge in [0.25, 0.3) is 0 Å². The zero-order valence-corrected chi connectivity index (χ0v) is 15.1. The Bertz CT molecular complexity index is 431. The highest BCUT2D eigenvalue weighted by molar-refractivity contribution is 5.78. The largest absolute Gasteiger partial charge is 0.388 e. The van der Waals surface area contributed by atoms with E-state index in [4.69, 9.17) is 0 Å². The number of hydrogen-bond donors (Lipinski definition) is 3. The number of nitrogens with zero attached hydrogens (tertiary/aromatic N) is 1. The van der Waals surface area contributed by atoms with Crippen molar-refractivity contribution in [2.24, 2.45) is 11.8 Å². The number of rotatable bonds is 7. The first-order valence-corrected chi connectivity index (χ1v) is 9.40. The number of likely N-dealkylation sites (tertiary alicyclic amines) is 1. The van der Waals surface area contributed by atoms with Crippen LogP contribution in [0, 0.1) is 11.8 Å². The molecule has 0 spiro atoms. The molecule has 3 amide bonds. The summed E-state index contributed by atoms with van der Waals surface area (Å²) in [6, 6.07) is -0.243. The van der Waals surface area contributed by atoms with Crippen molar-refractivity contribution < 1.29 is 14.7 Å². The van der Waals surface area contributed by atoms with E-state index in [1.54, 1.807) is 0 Å². The lowest BCUT2D eigenvalue weighted by atomic mass is 9.74. The van der Waals surface area contributed by atoms with Crippen molar-refractivity contribution >= 4 is 11.9 Å². The smallest absolute Gasteiger partial charge is 0.314 e. The third-order valence-electron chi connectivity index (χ3n) is 5.56. The van der Waals surface area contributed by atoms with Gasteiger partial charge in [0.05, 0.1) is 5.60 Å². The number of amides is 3. The van der Waals surface area contributed by atoms with E-state index in [0.717, 1.165) is 51.0 Å². The number of aliphatic hydroxyl groups is 1. The Balaban J connectivity index is 1.59. The van der Waals surface area contributed by atoms with Crippen molar-refractivity contribution in [3.8, 4) is 0 Å². The van der Waals surface area contributed by atoms with E-state index in [9.17, 15) is 14.7 Å². The summed E-state index contributed by atoms with van der Waals surface area (Å²) in [4.78, 5) is 25.2. The van der Waals surface area contributed by atoms with Crippen LogP contribution in [0.2, 0.25) is 0 Å². The number of carbonyl (C=O) groups is 2. The molecule has 1 atom stereocenters. The second kappa shape index (κ2) is 8.70. The summed E-state index contributed by atoms with van der Waals surface area (Å²) >= 11 is 0. The summed E-state index contributed by atoms with van der Waals surface area (Å²) < 4.78 is 0. The molecule has 0 aromatic heterocycles. The van der Waals surface area contributed by atoms with Crippen LogP contribution in [-0.4, -0.2) is 53.7 Å². The van der Waals surface area contributed by atoms with E-state index in [1.165, 1.54) is 0 Å². The minimum atomic E-state index is -0.848. The first-order valence-electron chi connectivity index (χ1n) is 9.40. The normalized spacial score (nSPS) is 27.0. The van der Waals surface area contributed by atoms with Crippen LogP contribution in [0.1, 0.15) is 58.8 Å². The zero-order valence-electron chi connectivity index (χ0n) is 15.1. The number of nitrogens with one attached hydrogen (secondary N) is 2. The number of urea groups is 1. The number of carbonyl (C=O) groups excluding carboxylic acids is 2. The zero-order chi connectivity index (χ0) is 17.6. The molecule has 6 nitrogen and oxygen atoms in total. The Morgan fingerprint density at radius 3 is 2.62 bits per heavy atom. The topological polar surface area (TPSA) is 81.7 Å². The molecule has 6 heteroatoms. The van der Waals surface area contributed by atoms with Crippen LogP contribution in [0.4, 0.5) is 4.79 Å². The molecule has 1 aliphatic heterocycles. The second-order valence-corrected chi connectivity index (χ2v) is 7.76. The fraction of sp³-hybridized carbons (Fsp3) is 0.889. The highest BCUT2D eigenvalue weighted by Crippen LogP contribution is 2.34. The Morgan fingerprint density at radius 2 is 2.00 bits per heavy atom. The van der Waals surface area contributed by atoms with E-state index in [1.807, 2.05) is 11.8 Å². The van der Waals surface area contributed by atoms with Crippen molar-refractivity contribution in [2.75, 3.05) is 26.2 Å². The fourth-order valence-electron chi connectivity index (χ4n) is 3.76. The molecule has 1 saturated heterocycles. The molecular formula is C18H33N3O3. The molecule has 0 radical (unpaired) electrons. The van der Waals surface area contributed by atoms with Crippen LogP contribution in [0.25, 0.3) is 0 Å². The van der Waals surface area contributed by atoms with Crippen molar-refractivity contribution in [3.63, 3.8) is 0 Å². The van der Waals surface area contributed by atoms with Gasteiger partial charge in [-0.15, -0.1) is 0 Å². The molecule has 2 rings (SSSR count). The Hall–Kier alpha value is -1.30. The molecule has 1 unspecified atom stereocenters. The molecule has 1 saturated carbocycles. The van der Waals surface area contributed by atoms with Gasteiger partial charge < -0.3 is 20.6 Å². The van der Waals surface area contributed by atoms with Gasteiger partial charge in [0.15, 0.2) is 0 Å². The van der Waals surface area contributed by atoms with E-state index in [2.05, 4.69) is 17.6 Å². The lowest BCUT2D eigenvalue weighted by Crippen LogP contribution is -2.49. The SMILES string of the molecule is CC1CCC(C(C)(O)CNC(=O)NCCCN2CCCC2=O)CC1. The van der Waals surface area contributed by atoms with Gasteiger partial charge in [-0.2, -0.15) is 0 Å². The van der Waals surface area contributed by atoms with Gasteiger partial charge in [0, 0.05) is 32.6 Å². The van der Waals surface area contributed by atoms with Crippen molar-refractivity contribution in [3.05, 3.63) is 0 Å². The molecule has 0 bridgehead atoms. The van der Waals surface area contributed by atoms with Crippen LogP contribution in [-0.2, 0) is 4.79 Å². The minimum absolute atomic E-state index is 0.220. The molecule has 1 aliphatic carbocycles. The molecule has 0 aromatic rings. The van der Waals surface area contributed by atoms with E-state index in [-0.39, 0.29) is 24.4 Å². The van der Waals surface area contributed by atoms with Gasteiger partial charge in [0.1, 0.15) is 0 Å². The predicted octanol–water partition coefficient (Wildman–Crippen LogP) is 1.88. The van der Waals surface area contributed by atoms with E-state index >= 15 is 0 Å². The van der Waals surface area contributed by atoms with Gasteiger partial charge in [-0.05, 0) is 44.4 Å². The standard InChI is InChI=1S/C18H33N3O3/c1-14-6-8-15(9-7-14)18(2,24)13-20-17(23)19-10-4-12-21-11-3-5-16(21)22/h14-15,24H,3-13H2,1-2H3,(H2,19,20,23). The third kappa shape index (κ3) is 5.65. The quantitative estimate of drug-likeness (QED) is 0.619. The molecule has 1 heterocycles. The second-order valence-electron chi connectivity index (χ2n) is 7.76. The summed E-state index contributed by atoms with van der Waals surface area (Å²) in [5.74, 6) is 1.23. The van der Waals surface area contributed by atoms with Crippen LogP contribution < -0.4 is 10.6 Å². The predicted molar refractivity (Wildman–Crippen MR) is 93.6 cm³/mol. The first kappa shape index (κ1) is 19.0. The lowest BCUT2D eigenvalue weighted by Gasteiger charge is -2.37. The molecule has 2 fully saturated rings. The Labute approximate surface area is 145 Å². The lowest BCUT2D eigenvalue weighted by molar-refractivity contribution is -0.127. The highest BCUT2D eigenvalue weighted by atomic mass is 16.3. The summed E-state index contributed by atoms with van der Waals surface area (Å²) in [5, 5.41) is 16.2.